The summed E-state index contributed by atoms with van der Waals surface area (Å²) in [5.74, 6) is 0. The molecule has 0 atom stereocenters. The van der Waals surface area contributed by atoms with E-state index in [0.29, 0.717) is 0 Å². The molecule has 0 aliphatic heterocycles. The summed E-state index contributed by atoms with van der Waals surface area (Å²) in [5, 5.41) is 8.55. The minimum Gasteiger partial charge on any atom is -0.726 e. The first-order valence-corrected chi connectivity index (χ1v) is 2.17. The molecule has 0 bridgehead atoms. The first-order valence-electron chi connectivity index (χ1n) is 0.833. The third kappa shape index (κ3) is 10.8. The van der Waals surface area contributed by atoms with Gasteiger partial charge in [-0.25, -0.2) is 8.42 Å². The van der Waals surface area contributed by atoms with Crippen molar-refractivity contribution < 1.29 is 22.6 Å². The fourth-order valence-corrected chi connectivity index (χ4v) is 0. The predicted octanol–water partition coefficient (Wildman–Crippen LogP) is -2.64. The maximum atomic E-state index is 8.91. The standard InChI is InChI=1S/H2O5S.Pb/c1-5-6(2,3)4;/h1H,(H,2,3,4);/q;+2/p-2. The van der Waals surface area contributed by atoms with Crippen molar-refractivity contribution in [1.29, 1.82) is 0 Å². The van der Waals surface area contributed by atoms with Crippen LogP contribution in [0.4, 0.5) is 0 Å². The zero-order chi connectivity index (χ0) is 5.21. The summed E-state index contributed by atoms with van der Waals surface area (Å²) >= 11 is 0. The van der Waals surface area contributed by atoms with Gasteiger partial charge in [0.1, 0.15) is 0 Å². The summed E-state index contributed by atoms with van der Waals surface area (Å²) < 4.78 is 28.8. The fraction of sp³-hybridized carbons (Fsp3) is 0. The van der Waals surface area contributed by atoms with E-state index >= 15 is 0 Å². The third-order valence-corrected chi connectivity index (χ3v) is 0.250. The van der Waals surface area contributed by atoms with Crippen molar-refractivity contribution in [3.8, 4) is 0 Å². The van der Waals surface area contributed by atoms with Crippen molar-refractivity contribution in [2.75, 3.05) is 0 Å². The second-order valence-corrected chi connectivity index (χ2v) is 1.43. The average molecular weight is 319 g/mol. The van der Waals surface area contributed by atoms with Gasteiger partial charge < -0.3 is 14.1 Å². The van der Waals surface area contributed by atoms with Gasteiger partial charge >= 0.3 is 27.3 Å². The van der Waals surface area contributed by atoms with Crippen LogP contribution in [0.2, 0.25) is 0 Å². The Morgan fingerprint density at radius 2 is 1.57 bits per heavy atom. The molecule has 40 valence electrons. The van der Waals surface area contributed by atoms with E-state index in [1.165, 1.54) is 0 Å². The van der Waals surface area contributed by atoms with Crippen LogP contribution in [0.3, 0.4) is 0 Å². The maximum Gasteiger partial charge on any atom is 2.00 e. The van der Waals surface area contributed by atoms with Crippen molar-refractivity contribution in [1.82, 2.24) is 0 Å². The molecule has 0 rings (SSSR count). The SMILES string of the molecule is O=S(=O)([O-])O[O-].[Pb+2]. The van der Waals surface area contributed by atoms with Gasteiger partial charge in [-0.1, -0.05) is 0 Å². The second-order valence-electron chi connectivity index (χ2n) is 0.476. The van der Waals surface area contributed by atoms with Gasteiger partial charge in [-0.2, -0.15) is 0 Å². The van der Waals surface area contributed by atoms with Gasteiger partial charge in [0.05, 0.1) is 0 Å². The van der Waals surface area contributed by atoms with Gasteiger partial charge in [-0.15, -0.1) is 0 Å². The third-order valence-electron chi connectivity index (χ3n) is 0.0833. The Hall–Kier alpha value is 0.752. The Bertz CT molecular complexity index is 110. The molecule has 5 nitrogen and oxygen atoms in total. The van der Waals surface area contributed by atoms with Gasteiger partial charge in [0.15, 0.2) is 0 Å². The maximum absolute atomic E-state index is 8.91. The molecule has 0 amide bonds. The molecule has 7 heavy (non-hydrogen) atoms. The Balaban J connectivity index is 0. The van der Waals surface area contributed by atoms with E-state index in [1.807, 2.05) is 0 Å². The second kappa shape index (κ2) is 3.72. The van der Waals surface area contributed by atoms with Gasteiger partial charge in [0.25, 0.3) is 0 Å². The van der Waals surface area contributed by atoms with Crippen LogP contribution in [0.25, 0.3) is 0 Å². The van der Waals surface area contributed by atoms with Crippen LogP contribution >= 0.6 is 0 Å². The van der Waals surface area contributed by atoms with Crippen LogP contribution in [0, 0.1) is 0 Å². The molecule has 0 spiro atoms. The molecular formula is O5PbS. The fourth-order valence-electron chi connectivity index (χ4n) is 0. The molecule has 2 radical (unpaired) electrons. The van der Waals surface area contributed by atoms with Crippen LogP contribution in [0.1, 0.15) is 0 Å². The summed E-state index contributed by atoms with van der Waals surface area (Å²) in [4.78, 5) is 0. The van der Waals surface area contributed by atoms with Crippen LogP contribution in [-0.2, 0) is 14.7 Å². The molecule has 0 aliphatic carbocycles. The molecule has 0 heterocycles. The zero-order valence-corrected chi connectivity index (χ0v) is 7.65. The average Bonchev–Trinajstić information content (AvgIpc) is 1.35. The van der Waals surface area contributed by atoms with E-state index < -0.39 is 10.4 Å². The van der Waals surface area contributed by atoms with E-state index in [-0.39, 0.29) is 27.3 Å². The Labute approximate surface area is 60.3 Å². The summed E-state index contributed by atoms with van der Waals surface area (Å²) in [7, 11) is -4.97. The van der Waals surface area contributed by atoms with Crippen molar-refractivity contribution in [3.63, 3.8) is 0 Å². The first-order chi connectivity index (χ1) is 2.56. The minimum absolute atomic E-state index is 0. The molecule has 0 saturated heterocycles. The predicted molar refractivity (Wildman–Crippen MR) is 16.5 cm³/mol. The van der Waals surface area contributed by atoms with Crippen LogP contribution < -0.4 is 5.26 Å². The monoisotopic (exact) mass is 320 g/mol. The molecule has 0 aromatic heterocycles. The van der Waals surface area contributed by atoms with Crippen molar-refractivity contribution >= 4 is 37.7 Å². The summed E-state index contributed by atoms with van der Waals surface area (Å²) in [5.41, 5.74) is 0. The van der Waals surface area contributed by atoms with Crippen molar-refractivity contribution in [2.45, 2.75) is 0 Å². The molecule has 0 saturated carbocycles. The van der Waals surface area contributed by atoms with Gasteiger partial charge in [0, 0.05) is 0 Å². The molecule has 0 unspecified atom stereocenters. The topological polar surface area (TPSA) is 89.5 Å². The minimum atomic E-state index is -4.97. The molecule has 0 aromatic carbocycles. The number of hydrogen-bond acceptors (Lipinski definition) is 5. The molecule has 0 aliphatic rings. The summed E-state index contributed by atoms with van der Waals surface area (Å²) in [6.07, 6.45) is 0. The summed E-state index contributed by atoms with van der Waals surface area (Å²) in [6.45, 7) is 0. The Morgan fingerprint density at radius 3 is 1.57 bits per heavy atom. The first kappa shape index (κ1) is 10.7. The van der Waals surface area contributed by atoms with E-state index in [9.17, 15) is 0 Å². The Morgan fingerprint density at radius 1 is 1.43 bits per heavy atom. The van der Waals surface area contributed by atoms with Gasteiger partial charge in [-0.3, -0.25) is 0 Å². The molecule has 7 heteroatoms. The van der Waals surface area contributed by atoms with Gasteiger partial charge in [-0.05, 0) is 0 Å². The molecule has 0 N–H and O–H groups in total. The Kier molecular flexibility index (Phi) is 5.67. The zero-order valence-electron chi connectivity index (χ0n) is 2.95. The van der Waals surface area contributed by atoms with E-state index in [0.717, 1.165) is 0 Å². The number of hydrogen-bond donors (Lipinski definition) is 0. The summed E-state index contributed by atoms with van der Waals surface area (Å²) in [6, 6.07) is 0. The van der Waals surface area contributed by atoms with Crippen LogP contribution in [0.15, 0.2) is 0 Å². The van der Waals surface area contributed by atoms with Crippen molar-refractivity contribution in [2.24, 2.45) is 0 Å². The van der Waals surface area contributed by atoms with Crippen molar-refractivity contribution in [3.05, 3.63) is 0 Å². The van der Waals surface area contributed by atoms with Crippen LogP contribution in [0.5, 0.6) is 0 Å². The smallest absolute Gasteiger partial charge is 0.726 e. The van der Waals surface area contributed by atoms with Gasteiger partial charge in [0.2, 0.25) is 10.4 Å². The molecule has 0 fully saturated rings. The van der Waals surface area contributed by atoms with Crippen LogP contribution in [-0.4, -0.2) is 40.3 Å². The largest absolute Gasteiger partial charge is 2.00 e. The van der Waals surface area contributed by atoms with E-state index in [2.05, 4.69) is 4.33 Å². The van der Waals surface area contributed by atoms with E-state index in [1.54, 1.807) is 0 Å². The molecular weight excluding hydrogens is 319 g/mol. The normalized spacial score (nSPS) is 10.0. The van der Waals surface area contributed by atoms with E-state index in [4.69, 9.17) is 18.2 Å². The quantitative estimate of drug-likeness (QED) is 0.173. The molecule has 0 aromatic rings. The number of rotatable bonds is 1.